The van der Waals surface area contributed by atoms with Crippen LogP contribution >= 0.6 is 11.8 Å². The summed E-state index contributed by atoms with van der Waals surface area (Å²) in [4.78, 5) is 2.45. The van der Waals surface area contributed by atoms with Crippen LogP contribution in [-0.2, 0) is 0 Å². The zero-order valence-electron chi connectivity index (χ0n) is 9.39. The minimum absolute atomic E-state index is 0.744. The summed E-state index contributed by atoms with van der Waals surface area (Å²) >= 11 is 2.03. The number of ether oxygens (including phenoxy) is 1. The van der Waals surface area contributed by atoms with Crippen molar-refractivity contribution in [2.45, 2.75) is 0 Å². The minimum atomic E-state index is 0.744. The lowest BCUT2D eigenvalue weighted by atomic mass is 10.3. The Labute approximate surface area is 101 Å². The van der Waals surface area contributed by atoms with Gasteiger partial charge in [0, 0.05) is 42.9 Å². The lowest BCUT2D eigenvalue weighted by Crippen LogP contribution is -2.35. The molecule has 0 amide bonds. The fourth-order valence-corrected chi connectivity index (χ4v) is 2.70. The molecular weight excluding hydrogens is 220 g/mol. The Balaban J connectivity index is 1.71. The maximum Gasteiger partial charge on any atom is 0.121 e. The molecule has 0 bridgehead atoms. The predicted octanol–water partition coefficient (Wildman–Crippen LogP) is 1.70. The molecule has 0 unspecified atom stereocenters. The summed E-state index contributed by atoms with van der Waals surface area (Å²) in [5.41, 5.74) is 6.44. The molecule has 1 aromatic rings. The van der Waals surface area contributed by atoms with Gasteiger partial charge in [0.2, 0.25) is 0 Å². The summed E-state index contributed by atoms with van der Waals surface area (Å²) in [6.45, 7) is 4.12. The molecule has 1 fully saturated rings. The van der Waals surface area contributed by atoms with Gasteiger partial charge in [0.05, 0.1) is 0 Å². The van der Waals surface area contributed by atoms with Crippen LogP contribution in [0.4, 0.5) is 5.69 Å². The van der Waals surface area contributed by atoms with Crippen LogP contribution in [0.5, 0.6) is 5.75 Å². The summed E-state index contributed by atoms with van der Waals surface area (Å²) in [6.07, 6.45) is 0. The van der Waals surface area contributed by atoms with E-state index in [0.717, 1.165) is 24.6 Å². The average molecular weight is 238 g/mol. The predicted molar refractivity (Wildman–Crippen MR) is 70.1 cm³/mol. The van der Waals surface area contributed by atoms with E-state index in [2.05, 4.69) is 4.90 Å². The quantitative estimate of drug-likeness (QED) is 0.810. The lowest BCUT2D eigenvalue weighted by Gasteiger charge is -2.25. The Morgan fingerprint density at radius 3 is 2.88 bits per heavy atom. The highest BCUT2D eigenvalue weighted by Gasteiger charge is 2.09. The molecule has 0 aliphatic carbocycles. The molecule has 2 N–H and O–H groups in total. The van der Waals surface area contributed by atoms with Crippen molar-refractivity contribution in [2.75, 3.05) is 43.5 Å². The fraction of sp³-hybridized carbons (Fsp3) is 0.500. The van der Waals surface area contributed by atoms with Crippen molar-refractivity contribution < 1.29 is 4.74 Å². The maximum absolute atomic E-state index is 5.68. The fourth-order valence-electron chi connectivity index (χ4n) is 1.72. The van der Waals surface area contributed by atoms with Crippen LogP contribution in [0.3, 0.4) is 0 Å². The van der Waals surface area contributed by atoms with E-state index in [0.29, 0.717) is 0 Å². The number of benzene rings is 1. The van der Waals surface area contributed by atoms with Gasteiger partial charge in [-0.2, -0.15) is 11.8 Å². The Bertz CT molecular complexity index is 327. The molecule has 0 atom stereocenters. The highest BCUT2D eigenvalue weighted by Crippen LogP contribution is 2.14. The van der Waals surface area contributed by atoms with Crippen molar-refractivity contribution in [1.82, 2.24) is 4.90 Å². The molecule has 2 rings (SSSR count). The molecule has 1 aliphatic heterocycles. The second-order valence-electron chi connectivity index (χ2n) is 3.87. The van der Waals surface area contributed by atoms with Crippen LogP contribution in [0.25, 0.3) is 0 Å². The molecule has 0 radical (unpaired) electrons. The molecule has 1 aliphatic rings. The van der Waals surface area contributed by atoms with Gasteiger partial charge in [-0.1, -0.05) is 6.07 Å². The highest BCUT2D eigenvalue weighted by atomic mass is 32.2. The average Bonchev–Trinajstić information content (AvgIpc) is 2.30. The summed E-state index contributed by atoms with van der Waals surface area (Å²) in [5.74, 6) is 3.36. The van der Waals surface area contributed by atoms with Crippen molar-refractivity contribution in [2.24, 2.45) is 0 Å². The van der Waals surface area contributed by atoms with Gasteiger partial charge in [0.15, 0.2) is 0 Å². The Hall–Kier alpha value is -0.870. The number of nitrogens with two attached hydrogens (primary N) is 1. The lowest BCUT2D eigenvalue weighted by molar-refractivity contribution is 0.222. The van der Waals surface area contributed by atoms with Crippen molar-refractivity contribution in [1.29, 1.82) is 0 Å². The Morgan fingerprint density at radius 1 is 1.31 bits per heavy atom. The van der Waals surface area contributed by atoms with Crippen LogP contribution in [-0.4, -0.2) is 42.6 Å². The molecule has 1 aromatic carbocycles. The van der Waals surface area contributed by atoms with Crippen LogP contribution in [0.1, 0.15) is 0 Å². The summed E-state index contributed by atoms with van der Waals surface area (Å²) in [7, 11) is 0. The summed E-state index contributed by atoms with van der Waals surface area (Å²) in [6, 6.07) is 7.60. The molecule has 1 heterocycles. The molecular formula is C12H18N2OS. The van der Waals surface area contributed by atoms with Gasteiger partial charge in [-0.3, -0.25) is 4.90 Å². The molecule has 3 nitrogen and oxygen atoms in total. The molecule has 4 heteroatoms. The standard InChI is InChI=1S/C12H18N2OS/c13-11-2-1-3-12(10-11)15-7-4-14-5-8-16-9-6-14/h1-3,10H,4-9,13H2. The van der Waals surface area contributed by atoms with E-state index in [-0.39, 0.29) is 0 Å². The Morgan fingerprint density at radius 2 is 2.12 bits per heavy atom. The van der Waals surface area contributed by atoms with Gasteiger partial charge in [-0.15, -0.1) is 0 Å². The zero-order chi connectivity index (χ0) is 11.2. The van der Waals surface area contributed by atoms with Crippen molar-refractivity contribution >= 4 is 17.4 Å². The van der Waals surface area contributed by atoms with E-state index in [1.54, 1.807) is 0 Å². The minimum Gasteiger partial charge on any atom is -0.492 e. The number of thioether (sulfide) groups is 1. The highest BCUT2D eigenvalue weighted by molar-refractivity contribution is 7.99. The molecule has 0 saturated carbocycles. The molecule has 0 aromatic heterocycles. The first-order chi connectivity index (χ1) is 7.84. The van der Waals surface area contributed by atoms with E-state index >= 15 is 0 Å². The third-order valence-corrected chi connectivity index (χ3v) is 3.58. The number of nitrogens with zero attached hydrogens (tertiary/aromatic N) is 1. The van der Waals surface area contributed by atoms with Crippen LogP contribution in [0.15, 0.2) is 24.3 Å². The SMILES string of the molecule is Nc1cccc(OCCN2CCSCC2)c1. The smallest absolute Gasteiger partial charge is 0.121 e. The topological polar surface area (TPSA) is 38.5 Å². The second kappa shape index (κ2) is 6.01. The van der Waals surface area contributed by atoms with Gasteiger partial charge >= 0.3 is 0 Å². The van der Waals surface area contributed by atoms with E-state index in [9.17, 15) is 0 Å². The first-order valence-corrected chi connectivity index (χ1v) is 6.78. The first kappa shape index (κ1) is 11.6. The van der Waals surface area contributed by atoms with Crippen molar-refractivity contribution in [3.63, 3.8) is 0 Å². The molecule has 16 heavy (non-hydrogen) atoms. The molecule has 0 spiro atoms. The first-order valence-electron chi connectivity index (χ1n) is 5.63. The zero-order valence-corrected chi connectivity index (χ0v) is 10.2. The summed E-state index contributed by atoms with van der Waals surface area (Å²) < 4.78 is 5.66. The number of rotatable bonds is 4. The van der Waals surface area contributed by atoms with E-state index < -0.39 is 0 Å². The van der Waals surface area contributed by atoms with Gasteiger partial charge in [0.1, 0.15) is 12.4 Å². The normalized spacial score (nSPS) is 17.2. The van der Waals surface area contributed by atoms with Crippen LogP contribution in [0, 0.1) is 0 Å². The number of hydrogen-bond donors (Lipinski definition) is 1. The third kappa shape index (κ3) is 3.61. The van der Waals surface area contributed by atoms with Crippen LogP contribution < -0.4 is 10.5 Å². The molecule has 1 saturated heterocycles. The van der Waals surface area contributed by atoms with Gasteiger partial charge in [-0.25, -0.2) is 0 Å². The molecule has 88 valence electrons. The number of anilines is 1. The van der Waals surface area contributed by atoms with Gasteiger partial charge < -0.3 is 10.5 Å². The van der Waals surface area contributed by atoms with Crippen molar-refractivity contribution in [3.05, 3.63) is 24.3 Å². The van der Waals surface area contributed by atoms with E-state index in [1.165, 1.54) is 24.6 Å². The third-order valence-electron chi connectivity index (χ3n) is 2.64. The monoisotopic (exact) mass is 238 g/mol. The van der Waals surface area contributed by atoms with Gasteiger partial charge in [-0.05, 0) is 12.1 Å². The maximum atomic E-state index is 5.68. The van der Waals surface area contributed by atoms with E-state index in [1.807, 2.05) is 36.0 Å². The second-order valence-corrected chi connectivity index (χ2v) is 5.10. The van der Waals surface area contributed by atoms with E-state index in [4.69, 9.17) is 10.5 Å². The largest absolute Gasteiger partial charge is 0.492 e. The number of nitrogen functional groups attached to an aromatic ring is 1. The van der Waals surface area contributed by atoms with Crippen LogP contribution in [0.2, 0.25) is 0 Å². The van der Waals surface area contributed by atoms with Crippen molar-refractivity contribution in [3.8, 4) is 5.75 Å². The Kier molecular flexibility index (Phi) is 4.36. The number of hydrogen-bond acceptors (Lipinski definition) is 4. The summed E-state index contributed by atoms with van der Waals surface area (Å²) in [5, 5.41) is 0. The van der Waals surface area contributed by atoms with Gasteiger partial charge in [0.25, 0.3) is 0 Å².